The van der Waals surface area contributed by atoms with Crippen molar-refractivity contribution in [3.05, 3.63) is 48.5 Å². The number of hydrogen-bond donors (Lipinski definition) is 0. The van der Waals surface area contributed by atoms with E-state index in [0.717, 1.165) is 24.0 Å². The van der Waals surface area contributed by atoms with Crippen molar-refractivity contribution in [2.24, 2.45) is 0 Å². The highest BCUT2D eigenvalue weighted by molar-refractivity contribution is 5.91. The number of nitrogens with zero attached hydrogens (tertiary/aromatic N) is 3. The van der Waals surface area contributed by atoms with Crippen LogP contribution in [0.3, 0.4) is 0 Å². The van der Waals surface area contributed by atoms with Gasteiger partial charge >= 0.3 is 0 Å². The molecule has 0 saturated carbocycles. The molecule has 3 rings (SSSR count). The van der Waals surface area contributed by atoms with Crippen molar-refractivity contribution in [1.82, 2.24) is 15.0 Å². The van der Waals surface area contributed by atoms with Crippen molar-refractivity contribution < 1.29 is 0 Å². The van der Waals surface area contributed by atoms with E-state index in [2.05, 4.69) is 54.5 Å². The Bertz CT molecular complexity index is 792. The summed E-state index contributed by atoms with van der Waals surface area (Å²) in [5.74, 6) is 0. The summed E-state index contributed by atoms with van der Waals surface area (Å²) in [6.07, 6.45) is 13.5. The maximum absolute atomic E-state index is 4.77. The summed E-state index contributed by atoms with van der Waals surface area (Å²) in [5, 5.41) is 9.45. The first-order chi connectivity index (χ1) is 13.4. The van der Waals surface area contributed by atoms with Crippen LogP contribution in [0.1, 0.15) is 71.1 Å². The Morgan fingerprint density at radius 2 is 1.33 bits per heavy atom. The molecule has 144 valence electrons. The van der Waals surface area contributed by atoms with Gasteiger partial charge in [0, 0.05) is 5.56 Å². The third kappa shape index (κ3) is 5.92. The van der Waals surface area contributed by atoms with Crippen LogP contribution >= 0.6 is 0 Å². The maximum Gasteiger partial charge on any atom is 0.121 e. The molecule has 0 aliphatic rings. The summed E-state index contributed by atoms with van der Waals surface area (Å²) in [6.45, 7) is 3.19. The lowest BCUT2D eigenvalue weighted by atomic mass is 10.0. The van der Waals surface area contributed by atoms with Gasteiger partial charge < -0.3 is 0 Å². The van der Waals surface area contributed by atoms with Crippen LogP contribution in [0.25, 0.3) is 22.2 Å². The number of rotatable bonds is 12. The second-order valence-corrected chi connectivity index (χ2v) is 7.52. The molecule has 1 aromatic heterocycles. The van der Waals surface area contributed by atoms with Crippen molar-refractivity contribution in [2.45, 2.75) is 77.7 Å². The van der Waals surface area contributed by atoms with Gasteiger partial charge in [0.25, 0.3) is 0 Å². The summed E-state index contributed by atoms with van der Waals surface area (Å²) >= 11 is 0. The first-order valence-corrected chi connectivity index (χ1v) is 10.8. The van der Waals surface area contributed by atoms with Crippen LogP contribution < -0.4 is 0 Å². The molecule has 27 heavy (non-hydrogen) atoms. The van der Waals surface area contributed by atoms with E-state index < -0.39 is 0 Å². The summed E-state index contributed by atoms with van der Waals surface area (Å²) in [6, 6.07) is 16.7. The van der Waals surface area contributed by atoms with Crippen molar-refractivity contribution in [2.75, 3.05) is 0 Å². The minimum absolute atomic E-state index is 0.916. The lowest BCUT2D eigenvalue weighted by Crippen LogP contribution is -2.02. The van der Waals surface area contributed by atoms with Crippen LogP contribution in [0.15, 0.2) is 48.5 Å². The zero-order valence-corrected chi connectivity index (χ0v) is 16.7. The molecule has 0 amide bonds. The Morgan fingerprint density at radius 1 is 0.667 bits per heavy atom. The number of aromatic nitrogens is 3. The van der Waals surface area contributed by atoms with E-state index in [9.17, 15) is 0 Å². The van der Waals surface area contributed by atoms with Crippen LogP contribution in [0.2, 0.25) is 0 Å². The summed E-state index contributed by atoms with van der Waals surface area (Å²) in [7, 11) is 0. The topological polar surface area (TPSA) is 30.7 Å². The lowest BCUT2D eigenvalue weighted by molar-refractivity contribution is 0.483. The molecule has 0 saturated heterocycles. The van der Waals surface area contributed by atoms with Crippen molar-refractivity contribution in [3.8, 4) is 11.1 Å². The summed E-state index contributed by atoms with van der Waals surface area (Å²) in [4.78, 5) is 1.89. The number of hydrogen-bond acceptors (Lipinski definition) is 2. The Labute approximate surface area is 163 Å². The Kier molecular flexibility index (Phi) is 7.88. The molecule has 2 aromatic carbocycles. The highest BCUT2D eigenvalue weighted by Gasteiger charge is 2.09. The molecule has 0 aliphatic heterocycles. The SMILES string of the molecule is CCCCCCCCCCCCn1nc2cccc(-c3ccccc3)c2n1. The van der Waals surface area contributed by atoms with Crippen LogP contribution in [-0.4, -0.2) is 15.0 Å². The molecule has 1 heterocycles. The van der Waals surface area contributed by atoms with E-state index in [1.807, 2.05) is 10.9 Å². The third-order valence-corrected chi connectivity index (χ3v) is 5.25. The minimum atomic E-state index is 0.916. The van der Waals surface area contributed by atoms with E-state index in [4.69, 9.17) is 5.10 Å². The van der Waals surface area contributed by atoms with Gasteiger partial charge in [0.15, 0.2) is 0 Å². The van der Waals surface area contributed by atoms with Gasteiger partial charge in [0.1, 0.15) is 11.0 Å². The predicted molar refractivity (Wildman–Crippen MR) is 115 cm³/mol. The zero-order valence-electron chi connectivity index (χ0n) is 16.7. The molecule has 0 atom stereocenters. The fourth-order valence-corrected chi connectivity index (χ4v) is 3.67. The Balaban J connectivity index is 1.44. The second kappa shape index (κ2) is 10.9. The zero-order chi connectivity index (χ0) is 18.7. The molecule has 0 radical (unpaired) electrons. The van der Waals surface area contributed by atoms with Gasteiger partial charge in [-0.25, -0.2) is 0 Å². The molecular formula is C24H33N3. The van der Waals surface area contributed by atoms with E-state index in [1.54, 1.807) is 0 Å². The lowest BCUT2D eigenvalue weighted by Gasteiger charge is -2.02. The van der Waals surface area contributed by atoms with Crippen molar-refractivity contribution in [3.63, 3.8) is 0 Å². The maximum atomic E-state index is 4.77. The van der Waals surface area contributed by atoms with E-state index in [1.165, 1.54) is 68.9 Å². The average Bonchev–Trinajstić information content (AvgIpc) is 3.13. The molecule has 0 unspecified atom stereocenters. The number of fused-ring (bicyclic) bond motifs is 1. The average molecular weight is 364 g/mol. The first-order valence-electron chi connectivity index (χ1n) is 10.8. The molecule has 3 nitrogen and oxygen atoms in total. The summed E-state index contributed by atoms with van der Waals surface area (Å²) in [5.41, 5.74) is 4.37. The monoisotopic (exact) mass is 363 g/mol. The largest absolute Gasteiger partial charge is 0.184 e. The van der Waals surface area contributed by atoms with E-state index in [-0.39, 0.29) is 0 Å². The normalized spacial score (nSPS) is 11.3. The predicted octanol–water partition coefficient (Wildman–Crippen LogP) is 7.02. The van der Waals surface area contributed by atoms with Crippen LogP contribution in [-0.2, 0) is 6.54 Å². The minimum Gasteiger partial charge on any atom is -0.184 e. The second-order valence-electron chi connectivity index (χ2n) is 7.52. The smallest absolute Gasteiger partial charge is 0.121 e. The van der Waals surface area contributed by atoms with Crippen LogP contribution in [0.5, 0.6) is 0 Å². The van der Waals surface area contributed by atoms with Gasteiger partial charge in [0.2, 0.25) is 0 Å². The Hall–Kier alpha value is -2.16. The van der Waals surface area contributed by atoms with E-state index >= 15 is 0 Å². The molecule has 3 heteroatoms. The standard InChI is InChI=1S/C24H33N3/c1-2-3-4-5-6-7-8-9-10-14-20-27-25-23-19-15-18-22(24(23)26-27)21-16-12-11-13-17-21/h11-13,15-19H,2-10,14,20H2,1H3. The third-order valence-electron chi connectivity index (χ3n) is 5.25. The number of aryl methyl sites for hydroxylation is 1. The van der Waals surface area contributed by atoms with Gasteiger partial charge in [-0.3, -0.25) is 0 Å². The highest BCUT2D eigenvalue weighted by Crippen LogP contribution is 2.26. The van der Waals surface area contributed by atoms with Gasteiger partial charge in [-0.1, -0.05) is 107 Å². The van der Waals surface area contributed by atoms with Gasteiger partial charge in [-0.2, -0.15) is 15.0 Å². The van der Waals surface area contributed by atoms with Crippen molar-refractivity contribution >= 4 is 11.0 Å². The molecule has 0 bridgehead atoms. The molecule has 0 spiro atoms. The number of unbranched alkanes of at least 4 members (excludes halogenated alkanes) is 9. The highest BCUT2D eigenvalue weighted by atomic mass is 15.5. The number of benzene rings is 2. The Morgan fingerprint density at radius 3 is 2.04 bits per heavy atom. The molecule has 0 N–H and O–H groups in total. The molecule has 0 aliphatic carbocycles. The first kappa shape index (κ1) is 19.6. The quantitative estimate of drug-likeness (QED) is 0.324. The van der Waals surface area contributed by atoms with Gasteiger partial charge in [-0.15, -0.1) is 0 Å². The fraction of sp³-hybridized carbons (Fsp3) is 0.500. The van der Waals surface area contributed by atoms with Gasteiger partial charge in [0.05, 0.1) is 6.54 Å². The molecular weight excluding hydrogens is 330 g/mol. The van der Waals surface area contributed by atoms with E-state index in [0.29, 0.717) is 0 Å². The van der Waals surface area contributed by atoms with Crippen molar-refractivity contribution in [1.29, 1.82) is 0 Å². The van der Waals surface area contributed by atoms with Crippen LogP contribution in [0.4, 0.5) is 0 Å². The van der Waals surface area contributed by atoms with Gasteiger partial charge in [-0.05, 0) is 18.1 Å². The van der Waals surface area contributed by atoms with Crippen LogP contribution in [0, 0.1) is 0 Å². The summed E-state index contributed by atoms with van der Waals surface area (Å²) < 4.78 is 0. The molecule has 3 aromatic rings. The molecule has 0 fully saturated rings. The fourth-order valence-electron chi connectivity index (χ4n) is 3.67.